The van der Waals surface area contributed by atoms with Crippen LogP contribution in [0.3, 0.4) is 0 Å². The number of halogens is 1. The van der Waals surface area contributed by atoms with Crippen molar-refractivity contribution in [2.24, 2.45) is 0 Å². The molecule has 0 amide bonds. The van der Waals surface area contributed by atoms with Gasteiger partial charge in [-0.25, -0.2) is 4.79 Å². The molecule has 0 aliphatic carbocycles. The average molecular weight is 287 g/mol. The van der Waals surface area contributed by atoms with Gasteiger partial charge < -0.3 is 10.4 Å². The zero-order chi connectivity index (χ0) is 14.7. The van der Waals surface area contributed by atoms with Crippen LogP contribution in [0.5, 0.6) is 0 Å². The number of hydrogen-bond donors (Lipinski definition) is 2. The number of hydrogen-bond acceptors (Lipinski definition) is 3. The van der Waals surface area contributed by atoms with Gasteiger partial charge in [-0.05, 0) is 42.8 Å². The monoisotopic (exact) mass is 286 g/mol. The number of aryl methyl sites for hydroxylation is 1. The van der Waals surface area contributed by atoms with Crippen LogP contribution in [0.4, 0.5) is 11.4 Å². The number of anilines is 2. The van der Waals surface area contributed by atoms with E-state index in [9.17, 15) is 4.79 Å². The molecule has 0 bridgehead atoms. The molecule has 2 rings (SSSR count). The fraction of sp³-hybridized carbons (Fsp3) is 0.0667. The van der Waals surface area contributed by atoms with Gasteiger partial charge in [-0.15, -0.1) is 0 Å². The predicted molar refractivity (Wildman–Crippen MR) is 77.6 cm³/mol. The molecule has 2 aromatic rings. The van der Waals surface area contributed by atoms with Crippen LogP contribution < -0.4 is 5.32 Å². The van der Waals surface area contributed by atoms with E-state index in [1.54, 1.807) is 43.3 Å². The summed E-state index contributed by atoms with van der Waals surface area (Å²) < 4.78 is 0. The van der Waals surface area contributed by atoms with Gasteiger partial charge in [0.15, 0.2) is 0 Å². The fourth-order valence-corrected chi connectivity index (χ4v) is 2.00. The van der Waals surface area contributed by atoms with Crippen LogP contribution >= 0.6 is 11.6 Å². The number of aromatic carboxylic acids is 1. The Morgan fingerprint density at radius 3 is 2.65 bits per heavy atom. The number of nitrogens with zero attached hydrogens (tertiary/aromatic N) is 1. The first-order chi connectivity index (χ1) is 9.51. The van der Waals surface area contributed by atoms with Crippen molar-refractivity contribution in [2.75, 3.05) is 5.32 Å². The molecule has 0 heterocycles. The van der Waals surface area contributed by atoms with E-state index in [1.165, 1.54) is 0 Å². The van der Waals surface area contributed by atoms with Gasteiger partial charge in [0.1, 0.15) is 0 Å². The normalized spacial score (nSPS) is 9.85. The molecule has 4 nitrogen and oxygen atoms in total. The summed E-state index contributed by atoms with van der Waals surface area (Å²) in [5, 5.41) is 21.3. The molecule has 0 aromatic heterocycles. The summed E-state index contributed by atoms with van der Waals surface area (Å²) in [6.07, 6.45) is 0. The van der Waals surface area contributed by atoms with Gasteiger partial charge in [0.2, 0.25) is 0 Å². The SMILES string of the molecule is Cc1ccc(Nc2ccc(C#N)cc2Cl)cc1C(=O)O. The summed E-state index contributed by atoms with van der Waals surface area (Å²) in [5.74, 6) is -0.975. The Bertz CT molecular complexity index is 720. The van der Waals surface area contributed by atoms with E-state index in [1.807, 2.05) is 6.07 Å². The maximum atomic E-state index is 11.1. The molecule has 5 heteroatoms. The first-order valence-corrected chi connectivity index (χ1v) is 6.19. The van der Waals surface area contributed by atoms with Crippen molar-refractivity contribution in [2.45, 2.75) is 6.92 Å². The summed E-state index contributed by atoms with van der Waals surface area (Å²) in [7, 11) is 0. The van der Waals surface area contributed by atoms with Crippen LogP contribution in [0.2, 0.25) is 5.02 Å². The van der Waals surface area contributed by atoms with Crippen molar-refractivity contribution in [1.82, 2.24) is 0 Å². The third-order valence-electron chi connectivity index (χ3n) is 2.85. The Morgan fingerprint density at radius 1 is 1.30 bits per heavy atom. The van der Waals surface area contributed by atoms with Crippen molar-refractivity contribution in [3.8, 4) is 6.07 Å². The lowest BCUT2D eigenvalue weighted by atomic mass is 10.1. The minimum absolute atomic E-state index is 0.236. The number of carbonyl (C=O) groups is 1. The second kappa shape index (κ2) is 5.64. The molecular formula is C15H11ClN2O2. The van der Waals surface area contributed by atoms with Crippen molar-refractivity contribution >= 4 is 28.9 Å². The minimum atomic E-state index is -0.975. The molecule has 0 atom stereocenters. The highest BCUT2D eigenvalue weighted by Gasteiger charge is 2.09. The smallest absolute Gasteiger partial charge is 0.336 e. The second-order valence-corrected chi connectivity index (χ2v) is 4.67. The van der Waals surface area contributed by atoms with Crippen molar-refractivity contribution in [1.29, 1.82) is 5.26 Å². The van der Waals surface area contributed by atoms with Gasteiger partial charge in [0, 0.05) is 5.69 Å². The molecule has 0 fully saturated rings. The molecule has 0 saturated heterocycles. The molecule has 0 radical (unpaired) electrons. The molecule has 100 valence electrons. The number of nitrogens with one attached hydrogen (secondary N) is 1. The maximum absolute atomic E-state index is 11.1. The van der Waals surface area contributed by atoms with Crippen molar-refractivity contribution in [3.63, 3.8) is 0 Å². The topological polar surface area (TPSA) is 73.1 Å². The van der Waals surface area contributed by atoms with Gasteiger partial charge in [0.05, 0.1) is 27.9 Å². The standard InChI is InChI=1S/C15H11ClN2O2/c1-9-2-4-11(7-12(9)15(19)20)18-14-5-3-10(8-17)6-13(14)16/h2-7,18H,1H3,(H,19,20). The average Bonchev–Trinajstić information content (AvgIpc) is 2.42. The Labute approximate surface area is 121 Å². The summed E-state index contributed by atoms with van der Waals surface area (Å²) in [5.41, 5.74) is 2.63. The van der Waals surface area contributed by atoms with Crippen LogP contribution in [-0.4, -0.2) is 11.1 Å². The summed E-state index contributed by atoms with van der Waals surface area (Å²) in [6.45, 7) is 1.74. The Morgan fingerprint density at radius 2 is 2.05 bits per heavy atom. The van der Waals surface area contributed by atoms with Gasteiger partial charge in [0.25, 0.3) is 0 Å². The first kappa shape index (κ1) is 13.9. The number of nitriles is 1. The van der Waals surface area contributed by atoms with E-state index >= 15 is 0 Å². The van der Waals surface area contributed by atoms with Crippen LogP contribution in [0, 0.1) is 18.3 Å². The Kier molecular flexibility index (Phi) is 3.92. The third kappa shape index (κ3) is 2.90. The Hall–Kier alpha value is -2.51. The minimum Gasteiger partial charge on any atom is -0.478 e. The molecule has 0 saturated carbocycles. The third-order valence-corrected chi connectivity index (χ3v) is 3.16. The molecule has 0 spiro atoms. The van der Waals surface area contributed by atoms with Crippen LogP contribution in [-0.2, 0) is 0 Å². The first-order valence-electron chi connectivity index (χ1n) is 5.82. The van der Waals surface area contributed by atoms with Gasteiger partial charge in [-0.1, -0.05) is 17.7 Å². The van der Waals surface area contributed by atoms with E-state index in [0.29, 0.717) is 27.5 Å². The second-order valence-electron chi connectivity index (χ2n) is 4.27. The number of carboxylic acid groups (broad SMARTS) is 1. The van der Waals surface area contributed by atoms with E-state index in [2.05, 4.69) is 5.32 Å². The summed E-state index contributed by atoms with van der Waals surface area (Å²) in [6, 6.07) is 11.9. The lowest BCUT2D eigenvalue weighted by Crippen LogP contribution is -2.01. The molecule has 20 heavy (non-hydrogen) atoms. The summed E-state index contributed by atoms with van der Waals surface area (Å²) >= 11 is 6.06. The lowest BCUT2D eigenvalue weighted by Gasteiger charge is -2.10. The Balaban J connectivity index is 2.33. The van der Waals surface area contributed by atoms with Crippen molar-refractivity contribution < 1.29 is 9.90 Å². The maximum Gasteiger partial charge on any atom is 0.336 e. The number of benzene rings is 2. The number of carboxylic acids is 1. The molecule has 0 aliphatic rings. The molecule has 2 aromatic carbocycles. The highest BCUT2D eigenvalue weighted by Crippen LogP contribution is 2.27. The predicted octanol–water partition coefficient (Wildman–Crippen LogP) is 3.96. The molecular weight excluding hydrogens is 276 g/mol. The van der Waals surface area contributed by atoms with Crippen LogP contribution in [0.15, 0.2) is 36.4 Å². The number of rotatable bonds is 3. The zero-order valence-corrected chi connectivity index (χ0v) is 11.4. The molecule has 2 N–H and O–H groups in total. The van der Waals surface area contributed by atoms with Gasteiger partial charge in [-0.2, -0.15) is 5.26 Å². The van der Waals surface area contributed by atoms with E-state index < -0.39 is 5.97 Å². The molecule has 0 unspecified atom stereocenters. The van der Waals surface area contributed by atoms with Crippen molar-refractivity contribution in [3.05, 3.63) is 58.1 Å². The van der Waals surface area contributed by atoms with Crippen LogP contribution in [0.25, 0.3) is 0 Å². The lowest BCUT2D eigenvalue weighted by molar-refractivity contribution is 0.0696. The van der Waals surface area contributed by atoms with E-state index in [-0.39, 0.29) is 5.56 Å². The van der Waals surface area contributed by atoms with Gasteiger partial charge >= 0.3 is 5.97 Å². The van der Waals surface area contributed by atoms with E-state index in [4.69, 9.17) is 22.0 Å². The highest BCUT2D eigenvalue weighted by atomic mass is 35.5. The molecule has 0 aliphatic heterocycles. The summed E-state index contributed by atoms with van der Waals surface area (Å²) in [4.78, 5) is 11.1. The van der Waals surface area contributed by atoms with Gasteiger partial charge in [-0.3, -0.25) is 0 Å². The highest BCUT2D eigenvalue weighted by molar-refractivity contribution is 6.33. The zero-order valence-electron chi connectivity index (χ0n) is 10.6. The van der Waals surface area contributed by atoms with E-state index in [0.717, 1.165) is 0 Å². The quantitative estimate of drug-likeness (QED) is 0.895. The fourth-order valence-electron chi connectivity index (χ4n) is 1.77. The van der Waals surface area contributed by atoms with Crippen LogP contribution in [0.1, 0.15) is 21.5 Å². The largest absolute Gasteiger partial charge is 0.478 e.